The number of halogens is 12. The molecule has 2 aromatic carbocycles. The average Bonchev–Trinajstić information content (AvgIpc) is 2.87. The summed E-state index contributed by atoms with van der Waals surface area (Å²) in [6.07, 6.45) is -28.6. The van der Waals surface area contributed by atoms with Crippen molar-refractivity contribution >= 4 is 11.9 Å². The number of aliphatic hydroxyl groups is 1. The molecule has 1 atom stereocenters. The van der Waals surface area contributed by atoms with Crippen LogP contribution in [-0.2, 0) is 25.5 Å². The Balaban J connectivity index is 2.35. The quantitative estimate of drug-likeness (QED) is 0.179. The van der Waals surface area contributed by atoms with Gasteiger partial charge >= 0.3 is 47.8 Å². The number of carbonyl (C=O) groups excluding carboxylic acids is 2. The highest BCUT2D eigenvalue weighted by molar-refractivity contribution is 5.83. The monoisotopic (exact) mass is 644 g/mol. The lowest BCUT2D eigenvalue weighted by molar-refractivity contribution is -0.358. The van der Waals surface area contributed by atoms with Crippen LogP contribution in [0.1, 0.15) is 30.6 Å². The van der Waals surface area contributed by atoms with Gasteiger partial charge in [-0.3, -0.25) is 0 Å². The summed E-state index contributed by atoms with van der Waals surface area (Å²) in [7, 11) is 0. The molecule has 0 saturated carbocycles. The van der Waals surface area contributed by atoms with Crippen molar-refractivity contribution in [2.24, 2.45) is 0 Å². The third kappa shape index (κ3) is 7.45. The van der Waals surface area contributed by atoms with E-state index in [9.17, 15) is 62.3 Å². The lowest BCUT2D eigenvalue weighted by Gasteiger charge is -2.35. The minimum absolute atomic E-state index is 0.108. The number of aryl methyl sites for hydroxylation is 1. The number of esters is 2. The van der Waals surface area contributed by atoms with Crippen LogP contribution in [0.15, 0.2) is 54.6 Å². The smallest absolute Gasteiger partial charge is 0.449 e. The van der Waals surface area contributed by atoms with Gasteiger partial charge in [0, 0.05) is 0 Å². The second-order valence-corrected chi connectivity index (χ2v) is 8.83. The fraction of sp³-hybridized carbons (Fsp3) is 0.440. The maximum Gasteiger partial charge on any atom is 0.449 e. The Kier molecular flexibility index (Phi) is 10.3. The fourth-order valence-corrected chi connectivity index (χ4v) is 3.45. The van der Waals surface area contributed by atoms with Crippen LogP contribution >= 0.6 is 0 Å². The average molecular weight is 644 g/mol. The van der Waals surface area contributed by atoms with Crippen LogP contribution in [0.2, 0.25) is 0 Å². The highest BCUT2D eigenvalue weighted by Gasteiger charge is 2.80. The normalized spacial score (nSPS) is 14.2. The fourth-order valence-electron chi connectivity index (χ4n) is 3.45. The summed E-state index contributed by atoms with van der Waals surface area (Å²) in [6.45, 7) is -0.314. The lowest BCUT2D eigenvalue weighted by Crippen LogP contribution is -2.66. The molecule has 2 aromatic rings. The van der Waals surface area contributed by atoms with Crippen LogP contribution in [0.25, 0.3) is 0 Å². The summed E-state index contributed by atoms with van der Waals surface area (Å²) >= 11 is 0. The second kappa shape index (κ2) is 12.5. The molecule has 18 heteroatoms. The number of carbonyl (C=O) groups is 2. The summed E-state index contributed by atoms with van der Waals surface area (Å²) in [6, 6.07) is 10.1. The van der Waals surface area contributed by atoms with Crippen LogP contribution < -0.4 is 4.74 Å². The molecule has 0 aromatic heterocycles. The minimum atomic E-state index is -6.63. The second-order valence-electron chi connectivity index (χ2n) is 8.83. The van der Waals surface area contributed by atoms with Gasteiger partial charge in [-0.2, -0.15) is 52.7 Å². The zero-order chi connectivity index (χ0) is 33.1. The van der Waals surface area contributed by atoms with Gasteiger partial charge in [-0.05, 0) is 43.0 Å². The van der Waals surface area contributed by atoms with Gasteiger partial charge in [0.2, 0.25) is 0 Å². The Labute approximate surface area is 234 Å². The number of alkyl halides is 12. The predicted molar refractivity (Wildman–Crippen MR) is 119 cm³/mol. The molecule has 0 aliphatic rings. The highest BCUT2D eigenvalue weighted by Crippen LogP contribution is 2.48. The van der Waals surface area contributed by atoms with Gasteiger partial charge in [0.1, 0.15) is 11.9 Å². The van der Waals surface area contributed by atoms with Gasteiger partial charge in [-0.15, -0.1) is 0 Å². The number of rotatable bonds is 10. The summed E-state index contributed by atoms with van der Waals surface area (Å²) in [5, 5.41) is 9.10. The van der Waals surface area contributed by atoms with E-state index in [-0.39, 0.29) is 18.9 Å². The topological polar surface area (TPSA) is 82.1 Å². The number of hydrogen-bond acceptors (Lipinski definition) is 6. The Bertz CT molecular complexity index is 1220. The van der Waals surface area contributed by atoms with E-state index in [1.54, 1.807) is 30.3 Å². The van der Waals surface area contributed by atoms with Crippen molar-refractivity contribution < 1.29 is 81.6 Å². The van der Waals surface area contributed by atoms with Crippen LogP contribution in [0.3, 0.4) is 0 Å². The van der Waals surface area contributed by atoms with Crippen molar-refractivity contribution in [3.05, 3.63) is 65.7 Å². The molecule has 0 bridgehead atoms. The van der Waals surface area contributed by atoms with E-state index in [4.69, 9.17) is 5.11 Å². The Morgan fingerprint density at radius 3 is 1.77 bits per heavy atom. The molecule has 0 heterocycles. The standard InChI is InChI=1S/C25H20F12O6/c1-14(42-18(38)20(40,22(26,27)28)23(29,30)31)16-10-5-11-17(13-16)43-21(24(32,33)34,25(35,36)37)19(39)41-12-6-9-15-7-3-2-4-8-15/h2-5,7-8,10-11,13-14,40H,6,9,12H2,1H3. The van der Waals surface area contributed by atoms with E-state index in [0.717, 1.165) is 6.07 Å². The van der Waals surface area contributed by atoms with Crippen molar-refractivity contribution in [1.29, 1.82) is 0 Å². The molecule has 0 saturated heterocycles. The van der Waals surface area contributed by atoms with Crippen molar-refractivity contribution in [3.63, 3.8) is 0 Å². The van der Waals surface area contributed by atoms with Crippen molar-refractivity contribution in [2.45, 2.75) is 61.8 Å². The summed E-state index contributed by atoms with van der Waals surface area (Å²) in [5.41, 5.74) is -11.8. The van der Waals surface area contributed by atoms with Crippen molar-refractivity contribution in [3.8, 4) is 5.75 Å². The molecule has 0 radical (unpaired) electrons. The first-order chi connectivity index (χ1) is 19.5. The molecular formula is C25H20F12O6. The molecular weight excluding hydrogens is 624 g/mol. The first kappa shape index (κ1) is 35.5. The van der Waals surface area contributed by atoms with Crippen LogP contribution in [0.4, 0.5) is 52.7 Å². The Morgan fingerprint density at radius 1 is 0.744 bits per heavy atom. The molecule has 2 rings (SSSR count). The zero-order valence-electron chi connectivity index (χ0n) is 21.4. The maximum absolute atomic E-state index is 13.9. The van der Waals surface area contributed by atoms with Gasteiger partial charge in [0.25, 0.3) is 0 Å². The molecule has 0 amide bonds. The van der Waals surface area contributed by atoms with E-state index in [0.29, 0.717) is 24.6 Å². The number of benzene rings is 2. The highest BCUT2D eigenvalue weighted by atomic mass is 19.4. The van der Waals surface area contributed by atoms with E-state index in [2.05, 4.69) is 14.2 Å². The molecule has 1 N–H and O–H groups in total. The molecule has 0 aliphatic carbocycles. The minimum Gasteiger partial charge on any atom is -0.462 e. The molecule has 0 spiro atoms. The Morgan fingerprint density at radius 2 is 1.28 bits per heavy atom. The van der Waals surface area contributed by atoms with E-state index in [1.165, 1.54) is 0 Å². The van der Waals surface area contributed by atoms with Crippen molar-refractivity contribution in [2.75, 3.05) is 6.61 Å². The number of hydrogen-bond donors (Lipinski definition) is 1. The maximum atomic E-state index is 13.9. The van der Waals surface area contributed by atoms with Gasteiger partial charge in [-0.1, -0.05) is 42.5 Å². The first-order valence-electron chi connectivity index (χ1n) is 11.7. The van der Waals surface area contributed by atoms with Crippen LogP contribution in [0, 0.1) is 0 Å². The van der Waals surface area contributed by atoms with Crippen LogP contribution in [0.5, 0.6) is 5.75 Å². The summed E-state index contributed by atoms with van der Waals surface area (Å²) in [4.78, 5) is 24.1. The third-order valence-electron chi connectivity index (χ3n) is 5.77. The summed E-state index contributed by atoms with van der Waals surface area (Å²) < 4.78 is 173. The zero-order valence-corrected chi connectivity index (χ0v) is 21.4. The predicted octanol–water partition coefficient (Wildman–Crippen LogP) is 6.56. The van der Waals surface area contributed by atoms with E-state index in [1.807, 2.05) is 0 Å². The van der Waals surface area contributed by atoms with Crippen LogP contribution in [-0.4, -0.2) is 59.6 Å². The molecule has 0 fully saturated rings. The van der Waals surface area contributed by atoms with Crippen molar-refractivity contribution in [1.82, 2.24) is 0 Å². The molecule has 1 unspecified atom stereocenters. The van der Waals surface area contributed by atoms with E-state index >= 15 is 0 Å². The van der Waals surface area contributed by atoms with E-state index < -0.39 is 71.9 Å². The third-order valence-corrected chi connectivity index (χ3v) is 5.77. The van der Waals surface area contributed by atoms with Gasteiger partial charge in [0.05, 0.1) is 6.61 Å². The van der Waals surface area contributed by atoms with Gasteiger partial charge < -0.3 is 19.3 Å². The molecule has 240 valence electrons. The largest absolute Gasteiger partial charge is 0.462 e. The van der Waals surface area contributed by atoms with Gasteiger partial charge in [0.15, 0.2) is 0 Å². The lowest BCUT2D eigenvalue weighted by atomic mass is 10.0. The molecule has 0 aliphatic heterocycles. The molecule has 6 nitrogen and oxygen atoms in total. The number of ether oxygens (including phenoxy) is 3. The first-order valence-corrected chi connectivity index (χ1v) is 11.7. The summed E-state index contributed by atoms with van der Waals surface area (Å²) in [5.74, 6) is -7.62. The molecule has 43 heavy (non-hydrogen) atoms. The SMILES string of the molecule is CC(OC(=O)C(O)(C(F)(F)F)C(F)(F)F)c1cccc(OC(C(=O)OCCCc2ccccc2)(C(F)(F)F)C(F)(F)F)c1. The van der Waals surface area contributed by atoms with Gasteiger partial charge in [-0.25, -0.2) is 9.59 Å². The Hall–Kier alpha value is -3.70.